The fourth-order valence-electron chi connectivity index (χ4n) is 3.65. The van der Waals surface area contributed by atoms with Crippen molar-refractivity contribution in [1.82, 2.24) is 15.1 Å². The van der Waals surface area contributed by atoms with Gasteiger partial charge in [0.2, 0.25) is 0 Å². The summed E-state index contributed by atoms with van der Waals surface area (Å²) in [6, 6.07) is 8.04. The fourth-order valence-corrected chi connectivity index (χ4v) is 3.84. The molecule has 1 heterocycles. The number of nitrogens with zero attached hydrogens (tertiary/aromatic N) is 2. The number of amides is 1. The van der Waals surface area contributed by atoms with Gasteiger partial charge in [0.15, 0.2) is 0 Å². The highest BCUT2D eigenvalue weighted by Gasteiger charge is 2.22. The van der Waals surface area contributed by atoms with Gasteiger partial charge in [-0.2, -0.15) is 5.10 Å². The molecule has 1 amide bonds. The normalized spacial score (nSPS) is 15.8. The molecule has 1 N–H and O–H groups in total. The SMILES string of the molecule is Cc1nn(Cc2ccccc2Cl)c(C)c1C(=O)NC1CCCCCC1. The van der Waals surface area contributed by atoms with E-state index in [0.717, 1.165) is 34.8 Å². The van der Waals surface area contributed by atoms with Gasteiger partial charge in [-0.3, -0.25) is 9.48 Å². The number of rotatable bonds is 4. The Morgan fingerprint density at radius 3 is 2.56 bits per heavy atom. The van der Waals surface area contributed by atoms with E-state index in [-0.39, 0.29) is 5.91 Å². The third-order valence-corrected chi connectivity index (χ3v) is 5.45. The molecule has 1 aliphatic carbocycles. The van der Waals surface area contributed by atoms with E-state index in [2.05, 4.69) is 10.4 Å². The number of benzene rings is 1. The van der Waals surface area contributed by atoms with Crippen LogP contribution >= 0.6 is 11.6 Å². The minimum atomic E-state index is 0.00677. The molecule has 3 rings (SSSR count). The topological polar surface area (TPSA) is 46.9 Å². The molecule has 1 fully saturated rings. The quantitative estimate of drug-likeness (QED) is 0.807. The summed E-state index contributed by atoms with van der Waals surface area (Å²) in [6.45, 7) is 4.43. The highest BCUT2D eigenvalue weighted by molar-refractivity contribution is 6.31. The third kappa shape index (κ3) is 4.24. The lowest BCUT2D eigenvalue weighted by atomic mass is 10.1. The smallest absolute Gasteiger partial charge is 0.255 e. The number of hydrogen-bond donors (Lipinski definition) is 1. The lowest BCUT2D eigenvalue weighted by Crippen LogP contribution is -2.35. The summed E-state index contributed by atoms with van der Waals surface area (Å²) >= 11 is 6.26. The molecule has 4 nitrogen and oxygen atoms in total. The van der Waals surface area contributed by atoms with E-state index in [1.807, 2.05) is 42.8 Å². The van der Waals surface area contributed by atoms with Crippen LogP contribution in [0, 0.1) is 13.8 Å². The van der Waals surface area contributed by atoms with Gasteiger partial charge in [0.05, 0.1) is 17.8 Å². The Morgan fingerprint density at radius 2 is 1.88 bits per heavy atom. The molecule has 0 aliphatic heterocycles. The summed E-state index contributed by atoms with van der Waals surface area (Å²) in [5.41, 5.74) is 3.38. The van der Waals surface area contributed by atoms with Crippen LogP contribution in [0.2, 0.25) is 5.02 Å². The predicted molar refractivity (Wildman–Crippen MR) is 101 cm³/mol. The monoisotopic (exact) mass is 359 g/mol. The maximum absolute atomic E-state index is 12.8. The number of carbonyl (C=O) groups excluding carboxylic acids is 1. The van der Waals surface area contributed by atoms with Gasteiger partial charge < -0.3 is 5.32 Å². The first kappa shape index (κ1) is 18.0. The van der Waals surface area contributed by atoms with Crippen molar-refractivity contribution >= 4 is 17.5 Å². The van der Waals surface area contributed by atoms with Crippen LogP contribution in [-0.4, -0.2) is 21.7 Å². The van der Waals surface area contributed by atoms with Gasteiger partial charge in [-0.1, -0.05) is 55.5 Å². The van der Waals surface area contributed by atoms with Crippen LogP contribution < -0.4 is 5.32 Å². The molecule has 5 heteroatoms. The molecule has 1 aliphatic rings. The van der Waals surface area contributed by atoms with Crippen molar-refractivity contribution in [3.8, 4) is 0 Å². The number of aromatic nitrogens is 2. The Labute approximate surface area is 154 Å². The largest absolute Gasteiger partial charge is 0.349 e. The second-order valence-electron chi connectivity index (χ2n) is 6.96. The van der Waals surface area contributed by atoms with Crippen molar-refractivity contribution in [3.63, 3.8) is 0 Å². The number of nitrogens with one attached hydrogen (secondary N) is 1. The van der Waals surface area contributed by atoms with Crippen molar-refractivity contribution in [2.45, 2.75) is 65.0 Å². The summed E-state index contributed by atoms with van der Waals surface area (Å²) in [4.78, 5) is 12.8. The maximum atomic E-state index is 12.8. The molecule has 1 aromatic heterocycles. The Hall–Kier alpha value is -1.81. The highest BCUT2D eigenvalue weighted by Crippen LogP contribution is 2.21. The van der Waals surface area contributed by atoms with E-state index in [1.54, 1.807) is 0 Å². The van der Waals surface area contributed by atoms with Crippen molar-refractivity contribution < 1.29 is 4.79 Å². The van der Waals surface area contributed by atoms with Gasteiger partial charge >= 0.3 is 0 Å². The zero-order chi connectivity index (χ0) is 17.8. The molecule has 0 unspecified atom stereocenters. The summed E-state index contributed by atoms with van der Waals surface area (Å²) in [7, 11) is 0. The molecule has 0 saturated heterocycles. The molecule has 1 saturated carbocycles. The number of hydrogen-bond acceptors (Lipinski definition) is 2. The van der Waals surface area contributed by atoms with Gasteiger partial charge in [0.25, 0.3) is 5.91 Å². The predicted octanol–water partition coefficient (Wildman–Crippen LogP) is 4.65. The van der Waals surface area contributed by atoms with Crippen LogP contribution in [0.5, 0.6) is 0 Å². The lowest BCUT2D eigenvalue weighted by Gasteiger charge is -2.16. The van der Waals surface area contributed by atoms with Crippen LogP contribution in [0.1, 0.15) is 65.8 Å². The van der Waals surface area contributed by atoms with E-state index >= 15 is 0 Å². The van der Waals surface area contributed by atoms with Crippen molar-refractivity contribution in [3.05, 3.63) is 51.8 Å². The Morgan fingerprint density at radius 1 is 1.20 bits per heavy atom. The average Bonchev–Trinajstić information content (AvgIpc) is 2.76. The number of halogens is 1. The molecule has 0 radical (unpaired) electrons. The summed E-state index contributed by atoms with van der Waals surface area (Å²) < 4.78 is 1.87. The van der Waals surface area contributed by atoms with Crippen LogP contribution in [0.3, 0.4) is 0 Å². The maximum Gasteiger partial charge on any atom is 0.255 e. The van der Waals surface area contributed by atoms with Crippen LogP contribution in [0.15, 0.2) is 24.3 Å². The summed E-state index contributed by atoms with van der Waals surface area (Å²) in [5, 5.41) is 8.53. The zero-order valence-corrected chi connectivity index (χ0v) is 15.8. The lowest BCUT2D eigenvalue weighted by molar-refractivity contribution is 0.0932. The fraction of sp³-hybridized carbons (Fsp3) is 0.500. The molecule has 134 valence electrons. The minimum Gasteiger partial charge on any atom is -0.349 e. The van der Waals surface area contributed by atoms with Gasteiger partial charge in [-0.05, 0) is 38.3 Å². The molecule has 25 heavy (non-hydrogen) atoms. The van der Waals surface area contributed by atoms with E-state index in [0.29, 0.717) is 18.2 Å². The van der Waals surface area contributed by atoms with E-state index in [4.69, 9.17) is 11.6 Å². The van der Waals surface area contributed by atoms with E-state index < -0.39 is 0 Å². The van der Waals surface area contributed by atoms with Gasteiger partial charge in [-0.25, -0.2) is 0 Å². The first-order chi connectivity index (χ1) is 12.1. The second-order valence-corrected chi connectivity index (χ2v) is 7.36. The Bertz CT molecular complexity index is 745. The first-order valence-corrected chi connectivity index (χ1v) is 9.52. The molecule has 0 atom stereocenters. The first-order valence-electron chi connectivity index (χ1n) is 9.14. The van der Waals surface area contributed by atoms with Gasteiger partial charge in [-0.15, -0.1) is 0 Å². The summed E-state index contributed by atoms with van der Waals surface area (Å²) in [5.74, 6) is 0.00677. The molecular weight excluding hydrogens is 334 g/mol. The molecule has 0 bridgehead atoms. The molecule has 1 aromatic carbocycles. The third-order valence-electron chi connectivity index (χ3n) is 5.08. The van der Waals surface area contributed by atoms with E-state index in [9.17, 15) is 4.79 Å². The molecular formula is C20H26ClN3O. The molecule has 2 aromatic rings. The second kappa shape index (κ2) is 8.05. The van der Waals surface area contributed by atoms with E-state index in [1.165, 1.54) is 25.7 Å². The van der Waals surface area contributed by atoms with Gasteiger partial charge in [0, 0.05) is 16.8 Å². The summed E-state index contributed by atoms with van der Waals surface area (Å²) in [6.07, 6.45) is 7.12. The standard InChI is InChI=1S/C20H26ClN3O/c1-14-19(20(25)22-17-10-5-3-4-6-11-17)15(2)24(23-14)13-16-9-7-8-12-18(16)21/h7-9,12,17H,3-6,10-11,13H2,1-2H3,(H,22,25). The van der Waals surface area contributed by atoms with Gasteiger partial charge in [0.1, 0.15) is 0 Å². The van der Waals surface area contributed by atoms with Crippen LogP contribution in [0.25, 0.3) is 0 Å². The molecule has 0 spiro atoms. The number of aryl methyl sites for hydroxylation is 1. The van der Waals surface area contributed by atoms with Crippen molar-refractivity contribution in [2.75, 3.05) is 0 Å². The number of carbonyl (C=O) groups is 1. The van der Waals surface area contributed by atoms with Crippen molar-refractivity contribution in [2.24, 2.45) is 0 Å². The Balaban J connectivity index is 1.77. The Kier molecular flexibility index (Phi) is 5.79. The highest BCUT2D eigenvalue weighted by atomic mass is 35.5. The average molecular weight is 360 g/mol. The van der Waals surface area contributed by atoms with Crippen molar-refractivity contribution in [1.29, 1.82) is 0 Å². The van der Waals surface area contributed by atoms with Crippen LogP contribution in [0.4, 0.5) is 0 Å². The van der Waals surface area contributed by atoms with Crippen LogP contribution in [-0.2, 0) is 6.54 Å². The zero-order valence-electron chi connectivity index (χ0n) is 15.0. The minimum absolute atomic E-state index is 0.00677.